The lowest BCUT2D eigenvalue weighted by Crippen LogP contribution is -2.70. The van der Waals surface area contributed by atoms with Gasteiger partial charge in [0.1, 0.15) is 0 Å². The maximum absolute atomic E-state index is 13.3. The van der Waals surface area contributed by atoms with Crippen LogP contribution in [0.4, 0.5) is 48.3 Å². The molecule has 32 heavy (non-hydrogen) atoms. The first-order valence-corrected chi connectivity index (χ1v) is 10.0. The number of nitrogens with zero attached hydrogens (tertiary/aromatic N) is 1. The molecule has 0 aromatic carbocycles. The van der Waals surface area contributed by atoms with E-state index in [4.69, 9.17) is 4.55 Å². The molecule has 0 aliphatic carbocycles. The van der Waals surface area contributed by atoms with E-state index in [1.54, 1.807) is 12.4 Å². The molecule has 1 aromatic rings. The van der Waals surface area contributed by atoms with Gasteiger partial charge in [-0.2, -0.15) is 52.3 Å². The van der Waals surface area contributed by atoms with Gasteiger partial charge in [-0.05, 0) is 18.6 Å². The van der Waals surface area contributed by atoms with Crippen LogP contribution in [0.2, 0.25) is 0 Å². The molecule has 0 radical (unpaired) electrons. The Kier molecular flexibility index (Phi) is 9.92. The highest BCUT2D eigenvalue weighted by Gasteiger charge is 2.89. The van der Waals surface area contributed by atoms with Crippen molar-refractivity contribution in [3.8, 4) is 0 Å². The second kappa shape index (κ2) is 10.5. The second-order valence-electron chi connectivity index (χ2n) is 6.33. The van der Waals surface area contributed by atoms with Gasteiger partial charge in [-0.3, -0.25) is 9.54 Å². The zero-order valence-corrected chi connectivity index (χ0v) is 16.9. The van der Waals surface area contributed by atoms with E-state index in [1.807, 2.05) is 18.2 Å². The molecule has 0 spiro atoms. The highest BCUT2D eigenvalue weighted by atomic mass is 32.2. The lowest BCUT2D eigenvalue weighted by molar-refractivity contribution is -0.397. The lowest BCUT2D eigenvalue weighted by atomic mass is 9.93. The topological polar surface area (TPSA) is 67.3 Å². The third kappa shape index (κ3) is 5.80. The number of aromatic nitrogens is 1. The van der Waals surface area contributed by atoms with Gasteiger partial charge in [0, 0.05) is 12.4 Å². The van der Waals surface area contributed by atoms with E-state index in [2.05, 4.69) is 4.98 Å². The van der Waals surface area contributed by atoms with Crippen LogP contribution in [0, 0.1) is 0 Å². The summed E-state index contributed by atoms with van der Waals surface area (Å²) in [5.41, 5.74) is 0. The van der Waals surface area contributed by atoms with Crippen LogP contribution in [0.25, 0.3) is 0 Å². The van der Waals surface area contributed by atoms with Crippen LogP contribution >= 0.6 is 0 Å². The predicted octanol–water partition coefficient (Wildman–Crippen LogP) is 6.01. The summed E-state index contributed by atoms with van der Waals surface area (Å²) in [6.45, 7) is 1.46. The quantitative estimate of drug-likeness (QED) is 0.237. The first-order chi connectivity index (χ1) is 14.2. The smallest absolute Gasteiger partial charge is 0.281 e. The molecule has 1 heterocycles. The van der Waals surface area contributed by atoms with Crippen LogP contribution in [0.1, 0.15) is 32.6 Å². The molecule has 1 atom stereocenters. The van der Waals surface area contributed by atoms with Gasteiger partial charge in [0.2, 0.25) is 0 Å². The summed E-state index contributed by atoms with van der Waals surface area (Å²) in [6, 6.07) is 5.72. The lowest BCUT2D eigenvalue weighted by Gasteiger charge is -2.39. The molecular formula is C16H18F11NO3S. The summed E-state index contributed by atoms with van der Waals surface area (Å²) in [6.07, 6.45) is -2.40. The Hall–Kier alpha value is -1.71. The number of hydrogen-bond acceptors (Lipinski definition) is 3. The first kappa shape index (κ1) is 30.3. The summed E-state index contributed by atoms with van der Waals surface area (Å²) in [4.78, 5) is 3.78. The molecule has 0 bridgehead atoms. The van der Waals surface area contributed by atoms with Gasteiger partial charge in [0.25, 0.3) is 0 Å². The molecule has 1 unspecified atom stereocenters. The molecule has 0 saturated carbocycles. The Labute approximate surface area is 175 Å². The molecule has 0 aliphatic rings. The van der Waals surface area contributed by atoms with Gasteiger partial charge in [0.15, 0.2) is 6.17 Å². The van der Waals surface area contributed by atoms with Crippen molar-refractivity contribution in [2.45, 2.75) is 67.7 Å². The Bertz CT molecular complexity index is 778. The minimum Gasteiger partial charge on any atom is -0.281 e. The summed E-state index contributed by atoms with van der Waals surface area (Å²) in [5, 5.41) is -7.27. The van der Waals surface area contributed by atoms with E-state index >= 15 is 0 Å². The van der Waals surface area contributed by atoms with Gasteiger partial charge in [0.05, 0.1) is 0 Å². The monoisotopic (exact) mass is 513 g/mol. The molecule has 0 amide bonds. The number of halogens is 11. The van der Waals surface area contributed by atoms with Gasteiger partial charge in [-0.25, -0.2) is 4.39 Å². The number of alkyl halides is 11. The van der Waals surface area contributed by atoms with E-state index in [0.717, 1.165) is 0 Å². The van der Waals surface area contributed by atoms with Crippen LogP contribution in [0.5, 0.6) is 0 Å². The molecule has 1 aromatic heterocycles. The van der Waals surface area contributed by atoms with Crippen LogP contribution < -0.4 is 0 Å². The van der Waals surface area contributed by atoms with Crippen molar-refractivity contribution in [1.29, 1.82) is 0 Å². The molecule has 4 nitrogen and oxygen atoms in total. The number of rotatable bonds is 10. The fraction of sp³-hybridized carbons (Fsp3) is 0.688. The van der Waals surface area contributed by atoms with Crippen molar-refractivity contribution in [2.24, 2.45) is 0 Å². The van der Waals surface area contributed by atoms with E-state index in [1.165, 1.54) is 6.92 Å². The first-order valence-electron chi connectivity index (χ1n) is 8.58. The van der Waals surface area contributed by atoms with Gasteiger partial charge in [-0.1, -0.05) is 32.3 Å². The normalized spacial score (nSPS) is 15.0. The Balaban J connectivity index is 0.00000136. The van der Waals surface area contributed by atoms with Crippen LogP contribution in [0.3, 0.4) is 0 Å². The van der Waals surface area contributed by atoms with Crippen molar-refractivity contribution < 1.29 is 61.3 Å². The summed E-state index contributed by atoms with van der Waals surface area (Å²) < 4.78 is 173. The van der Waals surface area contributed by atoms with Gasteiger partial charge in [-0.15, -0.1) is 0 Å². The molecule has 188 valence electrons. The van der Waals surface area contributed by atoms with Crippen LogP contribution in [-0.4, -0.2) is 53.1 Å². The van der Waals surface area contributed by atoms with Crippen molar-refractivity contribution in [2.75, 3.05) is 0 Å². The average molecular weight is 513 g/mol. The Morgan fingerprint density at radius 1 is 0.812 bits per heavy atom. The minimum absolute atomic E-state index is 0.0184. The standard InChI is InChI=1S/C11H13F11O3S.C5H5N/c1-2-3-4-5-6(12)7(13,14)8(15,16)9(17,18)10(19,20)11(21,22)26(23,24)25;1-2-4-6-5-3-1/h6H,2-5H2,1H3,(H,23,24,25);1-5H. The van der Waals surface area contributed by atoms with Crippen LogP contribution in [-0.2, 0) is 10.1 Å². The maximum Gasteiger partial charge on any atom is 0.438 e. The Morgan fingerprint density at radius 2 is 1.28 bits per heavy atom. The summed E-state index contributed by atoms with van der Waals surface area (Å²) in [7, 11) is -7.42. The van der Waals surface area contributed by atoms with Crippen molar-refractivity contribution in [3.63, 3.8) is 0 Å². The highest BCUT2D eigenvalue weighted by Crippen LogP contribution is 2.59. The van der Waals surface area contributed by atoms with E-state index in [-0.39, 0.29) is 12.8 Å². The van der Waals surface area contributed by atoms with Gasteiger partial charge < -0.3 is 0 Å². The van der Waals surface area contributed by atoms with E-state index in [9.17, 15) is 56.7 Å². The van der Waals surface area contributed by atoms with Crippen molar-refractivity contribution in [3.05, 3.63) is 30.6 Å². The highest BCUT2D eigenvalue weighted by molar-refractivity contribution is 7.87. The van der Waals surface area contributed by atoms with Gasteiger partial charge >= 0.3 is 39.1 Å². The third-order valence-corrected chi connectivity index (χ3v) is 4.82. The second-order valence-corrected chi connectivity index (χ2v) is 7.79. The minimum atomic E-state index is -7.75. The van der Waals surface area contributed by atoms with Crippen LogP contribution in [0.15, 0.2) is 30.6 Å². The maximum atomic E-state index is 13.3. The molecular weight excluding hydrogens is 495 g/mol. The molecule has 0 fully saturated rings. The predicted molar refractivity (Wildman–Crippen MR) is 89.6 cm³/mol. The molecule has 1 rings (SSSR count). The summed E-state index contributed by atoms with van der Waals surface area (Å²) in [5.74, 6) is -29.4. The molecule has 16 heteroatoms. The molecule has 0 aliphatic heterocycles. The fourth-order valence-corrected chi connectivity index (χ4v) is 2.47. The van der Waals surface area contributed by atoms with Crippen molar-refractivity contribution in [1.82, 2.24) is 4.98 Å². The zero-order valence-electron chi connectivity index (χ0n) is 16.1. The third-order valence-electron chi connectivity index (χ3n) is 3.92. The average Bonchev–Trinajstić information content (AvgIpc) is 2.68. The number of pyridine rings is 1. The van der Waals surface area contributed by atoms with Crippen molar-refractivity contribution >= 4 is 10.1 Å². The zero-order chi connectivity index (χ0) is 25.6. The fourth-order valence-electron chi connectivity index (χ4n) is 2.02. The summed E-state index contributed by atoms with van der Waals surface area (Å²) >= 11 is 0. The Morgan fingerprint density at radius 3 is 1.59 bits per heavy atom. The van der Waals surface area contributed by atoms with E-state index < -0.39 is 58.1 Å². The molecule has 1 N–H and O–H groups in total. The molecule has 0 saturated heterocycles. The largest absolute Gasteiger partial charge is 0.438 e. The SMILES string of the molecule is CCCCCC(F)C(F)(F)C(F)(F)C(F)(F)C(F)(F)C(F)(F)S(=O)(=O)O.c1ccncc1. The number of unbranched alkanes of at least 4 members (excludes halogenated alkanes) is 2. The van der Waals surface area contributed by atoms with E-state index in [0.29, 0.717) is 0 Å². The number of hydrogen-bond donors (Lipinski definition) is 1.